The molecule has 2 aliphatic heterocycles. The van der Waals surface area contributed by atoms with Gasteiger partial charge in [-0.05, 0) is 54.9 Å². The first-order chi connectivity index (χ1) is 19.7. The number of nitrogens with two attached hydrogens (primary N) is 1. The van der Waals surface area contributed by atoms with Gasteiger partial charge in [-0.2, -0.15) is 0 Å². The Morgan fingerprint density at radius 3 is 2.83 bits per heavy atom. The van der Waals surface area contributed by atoms with Crippen molar-refractivity contribution in [3.8, 4) is 11.3 Å². The van der Waals surface area contributed by atoms with E-state index in [1.54, 1.807) is 22.1 Å². The summed E-state index contributed by atoms with van der Waals surface area (Å²) in [6.45, 7) is 9.57. The number of fused-ring (bicyclic) bond motifs is 3. The van der Waals surface area contributed by atoms with Crippen LogP contribution in [-0.4, -0.2) is 60.5 Å². The van der Waals surface area contributed by atoms with Gasteiger partial charge in [-0.15, -0.1) is 0 Å². The maximum Gasteiger partial charge on any atom is 0.276 e. The average Bonchev–Trinajstić information content (AvgIpc) is 3.64. The lowest BCUT2D eigenvalue weighted by molar-refractivity contribution is -0.126. The fourth-order valence-electron chi connectivity index (χ4n) is 6.58. The van der Waals surface area contributed by atoms with E-state index in [0.717, 1.165) is 25.7 Å². The van der Waals surface area contributed by atoms with E-state index in [2.05, 4.69) is 39.9 Å². The van der Waals surface area contributed by atoms with E-state index >= 15 is 0 Å². The summed E-state index contributed by atoms with van der Waals surface area (Å²) in [6.07, 6.45) is 11.8. The van der Waals surface area contributed by atoms with E-state index in [0.29, 0.717) is 53.5 Å². The Morgan fingerprint density at radius 1 is 1.22 bits per heavy atom. The van der Waals surface area contributed by atoms with Crippen LogP contribution < -0.4 is 10.6 Å². The summed E-state index contributed by atoms with van der Waals surface area (Å²) in [6, 6.07) is 3.71. The van der Waals surface area contributed by atoms with Crippen LogP contribution in [0.3, 0.4) is 0 Å². The van der Waals surface area contributed by atoms with Gasteiger partial charge in [0.05, 0.1) is 18.3 Å². The summed E-state index contributed by atoms with van der Waals surface area (Å²) >= 11 is 0. The third-order valence-corrected chi connectivity index (χ3v) is 8.48. The number of aliphatic hydroxyl groups is 1. The monoisotopic (exact) mass is 553 g/mol. The average molecular weight is 554 g/mol. The number of aliphatic hydroxyl groups excluding tert-OH is 1. The van der Waals surface area contributed by atoms with E-state index in [1.165, 1.54) is 23.7 Å². The largest absolute Gasteiger partial charge is 0.392 e. The molecule has 3 aromatic heterocycles. The SMILES string of the molecule is C=CC(=O)N1CCC[C@H]1/C=C/c1c(N)ncnc1-c1ccnc(N2CCn3c(cc4c3CC(C)(C)C4)C2=O)c1CO. The van der Waals surface area contributed by atoms with E-state index < -0.39 is 0 Å². The van der Waals surface area contributed by atoms with Crippen LogP contribution in [0.4, 0.5) is 11.6 Å². The number of nitrogens with zero attached hydrogens (tertiary/aromatic N) is 6. The summed E-state index contributed by atoms with van der Waals surface area (Å²) < 4.78 is 2.16. The fourth-order valence-corrected chi connectivity index (χ4v) is 6.58. The highest BCUT2D eigenvalue weighted by atomic mass is 16.3. The Labute approximate surface area is 239 Å². The van der Waals surface area contributed by atoms with E-state index in [9.17, 15) is 14.7 Å². The van der Waals surface area contributed by atoms with Crippen LogP contribution in [0.5, 0.6) is 0 Å². The van der Waals surface area contributed by atoms with Crippen LogP contribution in [-0.2, 0) is 30.8 Å². The zero-order chi connectivity index (χ0) is 28.9. The van der Waals surface area contributed by atoms with Gasteiger partial charge in [0.1, 0.15) is 23.7 Å². The molecule has 10 nitrogen and oxygen atoms in total. The van der Waals surface area contributed by atoms with Crippen LogP contribution in [0.2, 0.25) is 0 Å². The first-order valence-corrected chi connectivity index (χ1v) is 14.1. The van der Waals surface area contributed by atoms with Crippen molar-refractivity contribution in [3.63, 3.8) is 0 Å². The summed E-state index contributed by atoms with van der Waals surface area (Å²) in [5.41, 5.74) is 11.9. The van der Waals surface area contributed by atoms with E-state index in [1.807, 2.05) is 18.2 Å². The number of aromatic nitrogens is 4. The highest BCUT2D eigenvalue weighted by Crippen LogP contribution is 2.40. The molecule has 0 aromatic carbocycles. The normalized spacial score (nSPS) is 19.6. The van der Waals surface area contributed by atoms with Crippen molar-refractivity contribution < 1.29 is 14.7 Å². The number of carbonyl (C=O) groups excluding carboxylic acids is 2. The molecule has 3 aromatic rings. The molecule has 41 heavy (non-hydrogen) atoms. The van der Waals surface area contributed by atoms with Gasteiger partial charge in [0.25, 0.3) is 5.91 Å². The third-order valence-electron chi connectivity index (χ3n) is 8.48. The molecule has 5 heterocycles. The third kappa shape index (κ3) is 4.61. The van der Waals surface area contributed by atoms with Gasteiger partial charge in [0.15, 0.2) is 0 Å². The molecule has 1 aliphatic carbocycles. The number of nitrogen functional groups attached to an aromatic ring is 1. The fraction of sp³-hybridized carbons (Fsp3) is 0.387. The number of hydrogen-bond donors (Lipinski definition) is 2. The molecular formula is C31H35N7O3. The Kier molecular flexibility index (Phi) is 6.73. The Morgan fingerprint density at radius 2 is 2.05 bits per heavy atom. The molecule has 0 spiro atoms. The predicted octanol–water partition coefficient (Wildman–Crippen LogP) is 3.39. The van der Waals surface area contributed by atoms with Gasteiger partial charge in [-0.25, -0.2) is 15.0 Å². The van der Waals surface area contributed by atoms with Crippen LogP contribution in [0.15, 0.2) is 43.4 Å². The van der Waals surface area contributed by atoms with Crippen LogP contribution in [0.1, 0.15) is 59.6 Å². The number of amides is 2. The standard InChI is InChI=1S/C31H35N7O3/c1-4-26(40)36-11-5-6-20(36)7-8-22-27(34-18-35-28(22)32)21-9-10-33-29(23(21)17-39)38-13-12-37-24(30(38)41)14-19-15-31(2,3)16-25(19)37/h4,7-10,14,18,20,39H,1,5-6,11-13,15-17H2,2-3H3,(H2,32,34,35)/b8-7+/t20-/m0/s1. The van der Waals surface area contributed by atoms with E-state index in [4.69, 9.17) is 5.73 Å². The van der Waals surface area contributed by atoms with Gasteiger partial charge in [-0.3, -0.25) is 14.5 Å². The quantitative estimate of drug-likeness (QED) is 0.448. The molecule has 0 radical (unpaired) electrons. The molecule has 0 saturated carbocycles. The molecule has 3 aliphatic rings. The Balaban J connectivity index is 1.36. The van der Waals surface area contributed by atoms with Crippen molar-refractivity contribution in [3.05, 3.63) is 71.5 Å². The highest BCUT2D eigenvalue weighted by Gasteiger charge is 2.37. The lowest BCUT2D eigenvalue weighted by Crippen LogP contribution is -2.41. The molecule has 0 unspecified atom stereocenters. The second-order valence-corrected chi connectivity index (χ2v) is 11.8. The van der Waals surface area contributed by atoms with Gasteiger partial charge in [-0.1, -0.05) is 32.6 Å². The molecule has 2 amide bonds. The summed E-state index contributed by atoms with van der Waals surface area (Å²) in [4.78, 5) is 42.8. The van der Waals surface area contributed by atoms with Crippen molar-refractivity contribution in [1.82, 2.24) is 24.4 Å². The molecule has 0 bridgehead atoms. The molecule has 6 rings (SSSR count). The molecular weight excluding hydrogens is 518 g/mol. The minimum atomic E-state index is -0.342. The molecule has 1 saturated heterocycles. The van der Waals surface area contributed by atoms with Crippen molar-refractivity contribution in [2.24, 2.45) is 5.41 Å². The highest BCUT2D eigenvalue weighted by molar-refractivity contribution is 6.06. The minimum absolute atomic E-state index is 0.0901. The number of likely N-dealkylation sites (tertiary alicyclic amines) is 1. The molecule has 1 fully saturated rings. The molecule has 212 valence electrons. The lowest BCUT2D eigenvalue weighted by Gasteiger charge is -2.31. The van der Waals surface area contributed by atoms with Crippen molar-refractivity contribution in [2.45, 2.75) is 58.7 Å². The van der Waals surface area contributed by atoms with Gasteiger partial charge in [0.2, 0.25) is 5.91 Å². The van der Waals surface area contributed by atoms with Crippen molar-refractivity contribution in [2.75, 3.05) is 23.7 Å². The van der Waals surface area contributed by atoms with Crippen LogP contribution in [0.25, 0.3) is 17.3 Å². The van der Waals surface area contributed by atoms with Crippen LogP contribution >= 0.6 is 0 Å². The van der Waals surface area contributed by atoms with Crippen LogP contribution in [0, 0.1) is 5.41 Å². The number of rotatable bonds is 6. The van der Waals surface area contributed by atoms with E-state index in [-0.39, 0.29) is 35.7 Å². The molecule has 10 heteroatoms. The minimum Gasteiger partial charge on any atom is -0.392 e. The Bertz CT molecular complexity index is 1590. The second-order valence-electron chi connectivity index (χ2n) is 11.8. The molecule has 3 N–H and O–H groups in total. The maximum atomic E-state index is 13.8. The number of anilines is 2. The molecule has 1 atom stereocenters. The smallest absolute Gasteiger partial charge is 0.276 e. The summed E-state index contributed by atoms with van der Waals surface area (Å²) in [5.74, 6) is 0.451. The summed E-state index contributed by atoms with van der Waals surface area (Å²) in [7, 11) is 0. The maximum absolute atomic E-state index is 13.8. The van der Waals surface area contributed by atoms with Crippen molar-refractivity contribution in [1.29, 1.82) is 0 Å². The lowest BCUT2D eigenvalue weighted by atomic mass is 9.90. The van der Waals surface area contributed by atoms with Crippen molar-refractivity contribution >= 4 is 29.5 Å². The first kappa shape index (κ1) is 26.9. The number of carbonyl (C=O) groups is 2. The van der Waals surface area contributed by atoms with Gasteiger partial charge < -0.3 is 20.3 Å². The number of pyridine rings is 1. The zero-order valence-corrected chi connectivity index (χ0v) is 23.5. The summed E-state index contributed by atoms with van der Waals surface area (Å²) in [5, 5.41) is 10.6. The predicted molar refractivity (Wildman–Crippen MR) is 157 cm³/mol. The van der Waals surface area contributed by atoms with Gasteiger partial charge in [0, 0.05) is 48.2 Å². The topological polar surface area (TPSA) is 130 Å². The second kappa shape index (κ2) is 10.3. The first-order valence-electron chi connectivity index (χ1n) is 14.1. The Hall–Kier alpha value is -4.31. The zero-order valence-electron chi connectivity index (χ0n) is 23.5. The number of hydrogen-bond acceptors (Lipinski definition) is 7. The van der Waals surface area contributed by atoms with Gasteiger partial charge >= 0.3 is 0 Å².